The number of aliphatic hydroxyl groups is 1. The molecule has 2 aliphatic rings. The zero-order valence-corrected chi connectivity index (χ0v) is 12.2. The Kier molecular flexibility index (Phi) is 5.08. The van der Waals surface area contributed by atoms with Crippen LogP contribution in [-0.4, -0.2) is 23.9 Å². The minimum absolute atomic E-state index is 0.272. The summed E-state index contributed by atoms with van der Waals surface area (Å²) in [6, 6.07) is 0. The zero-order chi connectivity index (χ0) is 13.0. The average molecular weight is 254 g/mol. The molecule has 18 heavy (non-hydrogen) atoms. The molecular formula is C16H30O2. The van der Waals surface area contributed by atoms with Gasteiger partial charge in [-0.25, -0.2) is 0 Å². The van der Waals surface area contributed by atoms with E-state index in [0.717, 1.165) is 12.8 Å². The molecule has 0 radical (unpaired) electrons. The van der Waals surface area contributed by atoms with Gasteiger partial charge < -0.3 is 9.84 Å². The largest absolute Gasteiger partial charge is 0.389 e. The second-order valence-electron chi connectivity index (χ2n) is 6.41. The number of hydrogen-bond acceptors (Lipinski definition) is 2. The third kappa shape index (κ3) is 2.91. The van der Waals surface area contributed by atoms with Crippen molar-refractivity contribution in [2.75, 3.05) is 7.11 Å². The van der Waals surface area contributed by atoms with Crippen LogP contribution in [-0.2, 0) is 4.74 Å². The third-order valence-electron chi connectivity index (χ3n) is 5.52. The highest BCUT2D eigenvalue weighted by molar-refractivity contribution is 5.02. The van der Waals surface area contributed by atoms with E-state index in [1.807, 2.05) is 7.11 Å². The van der Waals surface area contributed by atoms with E-state index in [1.165, 1.54) is 51.4 Å². The summed E-state index contributed by atoms with van der Waals surface area (Å²) >= 11 is 0. The van der Waals surface area contributed by atoms with Gasteiger partial charge in [0.1, 0.15) is 0 Å². The van der Waals surface area contributed by atoms with Crippen molar-refractivity contribution < 1.29 is 9.84 Å². The van der Waals surface area contributed by atoms with Crippen LogP contribution < -0.4 is 0 Å². The highest BCUT2D eigenvalue weighted by atomic mass is 16.5. The van der Waals surface area contributed by atoms with Gasteiger partial charge in [0.25, 0.3) is 0 Å². The van der Waals surface area contributed by atoms with E-state index in [1.54, 1.807) is 0 Å². The maximum Gasteiger partial charge on any atom is 0.0703 e. The van der Waals surface area contributed by atoms with Gasteiger partial charge in [0.2, 0.25) is 0 Å². The maximum absolute atomic E-state index is 10.8. The minimum Gasteiger partial charge on any atom is -0.389 e. The maximum atomic E-state index is 10.8. The smallest absolute Gasteiger partial charge is 0.0703 e. The first kappa shape index (κ1) is 14.3. The van der Waals surface area contributed by atoms with Gasteiger partial charge in [-0.05, 0) is 56.8 Å². The summed E-state index contributed by atoms with van der Waals surface area (Å²) in [5, 5.41) is 10.8. The molecule has 0 bridgehead atoms. The van der Waals surface area contributed by atoms with Gasteiger partial charge in [-0.15, -0.1) is 0 Å². The predicted molar refractivity (Wildman–Crippen MR) is 74.6 cm³/mol. The second kappa shape index (κ2) is 6.38. The molecule has 106 valence electrons. The molecule has 2 heteroatoms. The van der Waals surface area contributed by atoms with E-state index in [0.29, 0.717) is 17.9 Å². The fraction of sp³-hybridized carbons (Fsp3) is 1.00. The summed E-state index contributed by atoms with van der Waals surface area (Å²) in [7, 11) is 1.82. The van der Waals surface area contributed by atoms with Gasteiger partial charge in [-0.2, -0.15) is 0 Å². The van der Waals surface area contributed by atoms with Crippen molar-refractivity contribution in [3.63, 3.8) is 0 Å². The van der Waals surface area contributed by atoms with E-state index in [4.69, 9.17) is 4.74 Å². The number of ether oxygens (including phenoxy) is 1. The lowest BCUT2D eigenvalue weighted by Gasteiger charge is -2.30. The van der Waals surface area contributed by atoms with Gasteiger partial charge in [-0.1, -0.05) is 26.2 Å². The molecule has 0 heterocycles. The van der Waals surface area contributed by atoms with E-state index in [-0.39, 0.29) is 5.60 Å². The van der Waals surface area contributed by atoms with Crippen molar-refractivity contribution in [2.24, 2.45) is 11.8 Å². The molecule has 4 unspecified atom stereocenters. The molecule has 2 aliphatic carbocycles. The molecule has 0 amide bonds. The molecule has 2 fully saturated rings. The quantitative estimate of drug-likeness (QED) is 0.698. The Balaban J connectivity index is 1.68. The molecule has 0 aliphatic heterocycles. The SMILES string of the molecule is CCC(CCCCC1CCC2CCCC12O)OC. The summed E-state index contributed by atoms with van der Waals surface area (Å²) in [5.74, 6) is 1.22. The molecule has 0 aromatic carbocycles. The van der Waals surface area contributed by atoms with E-state index >= 15 is 0 Å². The topological polar surface area (TPSA) is 29.5 Å². The Hall–Kier alpha value is -0.0800. The molecule has 0 aromatic heterocycles. The van der Waals surface area contributed by atoms with Gasteiger partial charge >= 0.3 is 0 Å². The predicted octanol–water partition coefficient (Wildman–Crippen LogP) is 3.91. The first-order valence-electron chi connectivity index (χ1n) is 7.96. The Labute approximate surface area is 112 Å². The van der Waals surface area contributed by atoms with Crippen LogP contribution in [0.1, 0.15) is 71.1 Å². The van der Waals surface area contributed by atoms with E-state index < -0.39 is 0 Å². The Morgan fingerprint density at radius 3 is 2.83 bits per heavy atom. The van der Waals surface area contributed by atoms with Crippen LogP contribution in [0.15, 0.2) is 0 Å². The van der Waals surface area contributed by atoms with Crippen LogP contribution >= 0.6 is 0 Å². The van der Waals surface area contributed by atoms with Gasteiger partial charge in [0.05, 0.1) is 11.7 Å². The Morgan fingerprint density at radius 2 is 2.11 bits per heavy atom. The third-order valence-corrected chi connectivity index (χ3v) is 5.52. The van der Waals surface area contributed by atoms with Crippen molar-refractivity contribution in [2.45, 2.75) is 82.8 Å². The molecule has 0 spiro atoms. The molecule has 2 saturated carbocycles. The molecule has 2 rings (SSSR count). The fourth-order valence-corrected chi connectivity index (χ4v) is 4.32. The lowest BCUT2D eigenvalue weighted by molar-refractivity contribution is -0.0220. The van der Waals surface area contributed by atoms with Crippen LogP contribution in [0.25, 0.3) is 0 Å². The highest BCUT2D eigenvalue weighted by Crippen LogP contribution is 2.52. The summed E-state index contributed by atoms with van der Waals surface area (Å²) < 4.78 is 5.41. The lowest BCUT2D eigenvalue weighted by Crippen LogP contribution is -2.35. The van der Waals surface area contributed by atoms with E-state index in [9.17, 15) is 5.11 Å². The van der Waals surface area contributed by atoms with Gasteiger partial charge in [-0.3, -0.25) is 0 Å². The number of hydrogen-bond donors (Lipinski definition) is 1. The summed E-state index contributed by atoms with van der Waals surface area (Å²) in [6.07, 6.45) is 12.6. The molecule has 4 atom stereocenters. The van der Waals surface area contributed by atoms with Crippen LogP contribution in [0.3, 0.4) is 0 Å². The monoisotopic (exact) mass is 254 g/mol. The first-order valence-corrected chi connectivity index (χ1v) is 7.96. The summed E-state index contributed by atoms with van der Waals surface area (Å²) in [4.78, 5) is 0. The fourth-order valence-electron chi connectivity index (χ4n) is 4.32. The van der Waals surface area contributed by atoms with Crippen molar-refractivity contribution >= 4 is 0 Å². The van der Waals surface area contributed by atoms with Crippen molar-refractivity contribution in [1.29, 1.82) is 0 Å². The van der Waals surface area contributed by atoms with Crippen LogP contribution in [0.5, 0.6) is 0 Å². The number of rotatable bonds is 7. The standard InChI is InChI=1S/C16H30O2/c1-3-15(18-2)9-5-4-7-13-10-11-14-8-6-12-16(13,14)17/h13-15,17H,3-12H2,1-2H3. The zero-order valence-electron chi connectivity index (χ0n) is 12.2. The van der Waals surface area contributed by atoms with Crippen LogP contribution in [0.2, 0.25) is 0 Å². The number of unbranched alkanes of at least 4 members (excludes halogenated alkanes) is 1. The van der Waals surface area contributed by atoms with Crippen molar-refractivity contribution in [3.8, 4) is 0 Å². The van der Waals surface area contributed by atoms with E-state index in [2.05, 4.69) is 6.92 Å². The summed E-state index contributed by atoms with van der Waals surface area (Å²) in [6.45, 7) is 2.19. The molecule has 0 saturated heterocycles. The van der Waals surface area contributed by atoms with Crippen molar-refractivity contribution in [1.82, 2.24) is 0 Å². The molecular weight excluding hydrogens is 224 g/mol. The Morgan fingerprint density at radius 1 is 1.28 bits per heavy atom. The van der Waals surface area contributed by atoms with Crippen LogP contribution in [0, 0.1) is 11.8 Å². The average Bonchev–Trinajstić information content (AvgIpc) is 2.87. The number of fused-ring (bicyclic) bond motifs is 1. The Bertz CT molecular complexity index is 249. The molecule has 0 aromatic rings. The first-order chi connectivity index (χ1) is 8.70. The molecule has 1 N–H and O–H groups in total. The van der Waals surface area contributed by atoms with Gasteiger partial charge in [0, 0.05) is 7.11 Å². The molecule has 2 nitrogen and oxygen atoms in total. The van der Waals surface area contributed by atoms with Crippen molar-refractivity contribution in [3.05, 3.63) is 0 Å². The highest BCUT2D eigenvalue weighted by Gasteiger charge is 2.50. The van der Waals surface area contributed by atoms with Gasteiger partial charge in [0.15, 0.2) is 0 Å². The van der Waals surface area contributed by atoms with Crippen LogP contribution in [0.4, 0.5) is 0 Å². The summed E-state index contributed by atoms with van der Waals surface area (Å²) in [5.41, 5.74) is -0.272. The second-order valence-corrected chi connectivity index (χ2v) is 6.41. The lowest BCUT2D eigenvalue weighted by atomic mass is 9.83. The minimum atomic E-state index is -0.272. The number of methoxy groups -OCH3 is 1. The normalized spacial score (nSPS) is 36.8.